The monoisotopic (exact) mass is 443 g/mol. The van der Waals surface area contributed by atoms with Crippen LogP contribution in [0.15, 0.2) is 115 Å². The van der Waals surface area contributed by atoms with E-state index in [0.29, 0.717) is 12.1 Å². The predicted octanol–water partition coefficient (Wildman–Crippen LogP) is 8.32. The quantitative estimate of drug-likeness (QED) is 0.383. The molecule has 2 aliphatic rings. The van der Waals surface area contributed by atoms with Crippen LogP contribution in [0.2, 0.25) is 0 Å². The summed E-state index contributed by atoms with van der Waals surface area (Å²) in [5.41, 5.74) is 10.8. The van der Waals surface area contributed by atoms with Crippen LogP contribution in [0.3, 0.4) is 0 Å². The number of nitrogens with zero attached hydrogens (tertiary/aromatic N) is 1. The van der Waals surface area contributed by atoms with Crippen molar-refractivity contribution in [2.75, 3.05) is 4.90 Å². The van der Waals surface area contributed by atoms with E-state index in [-0.39, 0.29) is 0 Å². The van der Waals surface area contributed by atoms with Gasteiger partial charge in [0, 0.05) is 5.69 Å². The summed E-state index contributed by atoms with van der Waals surface area (Å²) in [4.78, 5) is 2.61. The number of aryl methyl sites for hydroxylation is 2. The van der Waals surface area contributed by atoms with E-state index in [2.05, 4.69) is 135 Å². The van der Waals surface area contributed by atoms with Crippen molar-refractivity contribution in [1.29, 1.82) is 0 Å². The highest BCUT2D eigenvalue weighted by molar-refractivity contribution is 5.77. The van der Waals surface area contributed by atoms with Gasteiger partial charge < -0.3 is 4.90 Å². The van der Waals surface area contributed by atoms with Crippen LogP contribution in [0, 0.1) is 13.8 Å². The number of para-hydroxylation sites is 1. The van der Waals surface area contributed by atoms with Crippen molar-refractivity contribution in [2.24, 2.45) is 0 Å². The van der Waals surface area contributed by atoms with Crippen molar-refractivity contribution >= 4 is 16.8 Å². The SMILES string of the molecule is CC1=C(c2ccccc2C)CC(N(c2ccccc2)C2C=CC(c3ccc(C)cc3)=CC2)C=C1. The van der Waals surface area contributed by atoms with Gasteiger partial charge in [0.2, 0.25) is 0 Å². The molecule has 0 saturated heterocycles. The Morgan fingerprint density at radius 1 is 0.706 bits per heavy atom. The van der Waals surface area contributed by atoms with Crippen molar-refractivity contribution in [1.82, 2.24) is 0 Å². The fourth-order valence-electron chi connectivity index (χ4n) is 5.22. The Bertz CT molecular complexity index is 1270. The molecule has 2 atom stereocenters. The fraction of sp³-hybridized carbons (Fsp3) is 0.212. The van der Waals surface area contributed by atoms with Crippen molar-refractivity contribution < 1.29 is 0 Å². The molecule has 34 heavy (non-hydrogen) atoms. The minimum absolute atomic E-state index is 0.310. The second-order valence-electron chi connectivity index (χ2n) is 9.54. The first-order chi connectivity index (χ1) is 16.6. The molecule has 3 aromatic rings. The Morgan fingerprint density at radius 2 is 1.41 bits per heavy atom. The first-order valence-corrected chi connectivity index (χ1v) is 12.3. The molecule has 0 spiro atoms. The van der Waals surface area contributed by atoms with Crippen LogP contribution in [-0.4, -0.2) is 12.1 Å². The van der Waals surface area contributed by atoms with Gasteiger partial charge in [-0.25, -0.2) is 0 Å². The number of allylic oxidation sites excluding steroid dienone is 4. The lowest BCUT2D eigenvalue weighted by Gasteiger charge is -2.40. The van der Waals surface area contributed by atoms with Crippen LogP contribution >= 0.6 is 0 Å². The van der Waals surface area contributed by atoms with Gasteiger partial charge in [-0.2, -0.15) is 0 Å². The lowest BCUT2D eigenvalue weighted by atomic mass is 9.86. The molecule has 2 unspecified atom stereocenters. The first kappa shape index (κ1) is 22.2. The average molecular weight is 444 g/mol. The van der Waals surface area contributed by atoms with Crippen molar-refractivity contribution in [3.05, 3.63) is 137 Å². The van der Waals surface area contributed by atoms with Crippen LogP contribution in [0.4, 0.5) is 5.69 Å². The molecule has 0 radical (unpaired) electrons. The summed E-state index contributed by atoms with van der Waals surface area (Å²) in [7, 11) is 0. The molecular formula is C33H33N. The molecule has 1 heteroatoms. The Hall–Kier alpha value is -3.58. The van der Waals surface area contributed by atoms with Gasteiger partial charge in [0.15, 0.2) is 0 Å². The van der Waals surface area contributed by atoms with Crippen molar-refractivity contribution in [3.63, 3.8) is 0 Å². The summed E-state index contributed by atoms with van der Waals surface area (Å²) < 4.78 is 0. The van der Waals surface area contributed by atoms with Gasteiger partial charge in [0.1, 0.15) is 0 Å². The summed E-state index contributed by atoms with van der Waals surface area (Å²) in [6.07, 6.45) is 13.9. The lowest BCUT2D eigenvalue weighted by molar-refractivity contribution is 0.620. The normalized spacial score (nSPS) is 19.8. The van der Waals surface area contributed by atoms with E-state index in [1.54, 1.807) is 0 Å². The molecule has 0 saturated carbocycles. The summed E-state index contributed by atoms with van der Waals surface area (Å²) in [6.45, 7) is 6.61. The number of benzene rings is 3. The number of rotatable bonds is 5. The molecule has 1 nitrogen and oxygen atoms in total. The molecular weight excluding hydrogens is 410 g/mol. The molecule has 0 heterocycles. The molecule has 2 aliphatic carbocycles. The molecule has 0 aliphatic heterocycles. The highest BCUT2D eigenvalue weighted by atomic mass is 15.2. The van der Waals surface area contributed by atoms with Gasteiger partial charge >= 0.3 is 0 Å². The van der Waals surface area contributed by atoms with E-state index < -0.39 is 0 Å². The average Bonchev–Trinajstić information content (AvgIpc) is 2.87. The van der Waals surface area contributed by atoms with Crippen molar-refractivity contribution in [2.45, 2.75) is 45.7 Å². The molecule has 0 fully saturated rings. The minimum atomic E-state index is 0.310. The maximum absolute atomic E-state index is 2.61. The summed E-state index contributed by atoms with van der Waals surface area (Å²) in [5, 5.41) is 0. The molecule has 5 rings (SSSR count). The lowest BCUT2D eigenvalue weighted by Crippen LogP contribution is -2.43. The predicted molar refractivity (Wildman–Crippen MR) is 147 cm³/mol. The Balaban J connectivity index is 1.44. The minimum Gasteiger partial charge on any atom is -0.358 e. The van der Waals surface area contributed by atoms with Gasteiger partial charge in [0.05, 0.1) is 12.1 Å². The standard InChI is InChI=1S/C33H33N/c1-24-13-16-27(17-14-24)28-18-21-30(22-19-28)34(29-10-5-4-6-11-29)31-20-15-26(3)33(23-31)32-12-8-7-9-25(32)2/h4-21,30-31H,22-23H2,1-3H3. The van der Waals surface area contributed by atoms with E-state index >= 15 is 0 Å². The molecule has 0 N–H and O–H groups in total. The van der Waals surface area contributed by atoms with Gasteiger partial charge in [-0.1, -0.05) is 103 Å². The van der Waals surface area contributed by atoms with Gasteiger partial charge in [-0.3, -0.25) is 0 Å². The van der Waals surface area contributed by atoms with E-state index in [1.807, 2.05) is 0 Å². The number of hydrogen-bond acceptors (Lipinski definition) is 1. The Morgan fingerprint density at radius 3 is 2.12 bits per heavy atom. The highest BCUT2D eigenvalue weighted by Gasteiger charge is 2.28. The van der Waals surface area contributed by atoms with Crippen molar-refractivity contribution in [3.8, 4) is 0 Å². The molecule has 0 amide bonds. The van der Waals surface area contributed by atoms with Crippen LogP contribution in [0.25, 0.3) is 11.1 Å². The van der Waals surface area contributed by atoms with Gasteiger partial charge in [-0.05, 0) is 79.2 Å². The van der Waals surface area contributed by atoms with Crippen LogP contribution in [0.5, 0.6) is 0 Å². The zero-order valence-corrected chi connectivity index (χ0v) is 20.4. The largest absolute Gasteiger partial charge is 0.358 e. The summed E-state index contributed by atoms with van der Waals surface area (Å²) in [5.74, 6) is 0. The first-order valence-electron chi connectivity index (χ1n) is 12.3. The summed E-state index contributed by atoms with van der Waals surface area (Å²) in [6, 6.07) is 29.2. The molecule has 170 valence electrons. The summed E-state index contributed by atoms with van der Waals surface area (Å²) >= 11 is 0. The Kier molecular flexibility index (Phi) is 6.36. The van der Waals surface area contributed by atoms with Crippen LogP contribution in [-0.2, 0) is 0 Å². The smallest absolute Gasteiger partial charge is 0.0523 e. The molecule has 0 aromatic heterocycles. The Labute approximate surface area is 204 Å². The van der Waals surface area contributed by atoms with Gasteiger partial charge in [-0.15, -0.1) is 0 Å². The van der Waals surface area contributed by atoms with Gasteiger partial charge in [0.25, 0.3) is 0 Å². The van der Waals surface area contributed by atoms with Crippen LogP contribution in [0.1, 0.15) is 42.0 Å². The van der Waals surface area contributed by atoms with E-state index in [1.165, 1.54) is 44.7 Å². The second kappa shape index (κ2) is 9.73. The molecule has 3 aromatic carbocycles. The van der Waals surface area contributed by atoms with E-state index in [0.717, 1.165) is 12.8 Å². The number of anilines is 1. The zero-order chi connectivity index (χ0) is 23.5. The van der Waals surface area contributed by atoms with Crippen LogP contribution < -0.4 is 4.90 Å². The second-order valence-corrected chi connectivity index (χ2v) is 9.54. The fourth-order valence-corrected chi connectivity index (χ4v) is 5.22. The van der Waals surface area contributed by atoms with E-state index in [9.17, 15) is 0 Å². The number of hydrogen-bond donors (Lipinski definition) is 0. The topological polar surface area (TPSA) is 3.24 Å². The maximum Gasteiger partial charge on any atom is 0.0523 e. The molecule has 0 bridgehead atoms. The van der Waals surface area contributed by atoms with E-state index in [4.69, 9.17) is 0 Å². The third-order valence-electron chi connectivity index (χ3n) is 7.16. The maximum atomic E-state index is 2.61. The third kappa shape index (κ3) is 4.56. The zero-order valence-electron chi connectivity index (χ0n) is 20.4. The highest BCUT2D eigenvalue weighted by Crippen LogP contribution is 2.36. The third-order valence-corrected chi connectivity index (χ3v) is 7.16.